The molecule has 4 rings (SSSR count). The van der Waals surface area contributed by atoms with Gasteiger partial charge in [0.25, 0.3) is 0 Å². The van der Waals surface area contributed by atoms with Crippen molar-refractivity contribution in [2.75, 3.05) is 11.9 Å². The first-order chi connectivity index (χ1) is 16.5. The van der Waals surface area contributed by atoms with Gasteiger partial charge in [0.15, 0.2) is 10.8 Å². The maximum Gasteiger partial charge on any atom is 0.350 e. The number of aromatic nitrogens is 5. The lowest BCUT2D eigenvalue weighted by Gasteiger charge is -2.12. The van der Waals surface area contributed by atoms with Crippen molar-refractivity contribution in [3.63, 3.8) is 0 Å². The average Bonchev–Trinajstić information content (AvgIpc) is 3.35. The zero-order valence-electron chi connectivity index (χ0n) is 19.5. The van der Waals surface area contributed by atoms with E-state index in [1.165, 1.54) is 11.8 Å². The number of benzene rings is 1. The average molecular weight is 499 g/mol. The molecular formula is C23H26N6O3S2. The van der Waals surface area contributed by atoms with Crippen LogP contribution in [-0.4, -0.2) is 48.5 Å². The lowest BCUT2D eigenvalue weighted by molar-refractivity contribution is -0.115. The molecule has 4 aromatic rings. The highest BCUT2D eigenvalue weighted by atomic mass is 32.2. The highest BCUT2D eigenvalue weighted by Gasteiger charge is 2.24. The van der Waals surface area contributed by atoms with E-state index in [-0.39, 0.29) is 12.5 Å². The first-order valence-electron chi connectivity index (χ1n) is 11.2. The second-order valence-electron chi connectivity index (χ2n) is 7.59. The van der Waals surface area contributed by atoms with Gasteiger partial charge in [-0.15, -0.1) is 10.2 Å². The molecule has 3 heterocycles. The number of esters is 1. The van der Waals surface area contributed by atoms with E-state index in [1.807, 2.05) is 25.1 Å². The summed E-state index contributed by atoms with van der Waals surface area (Å²) in [6, 6.07) is 8.06. The minimum absolute atomic E-state index is 0.227. The van der Waals surface area contributed by atoms with Crippen molar-refractivity contribution in [2.24, 2.45) is 0 Å². The number of para-hydroxylation sites is 1. The van der Waals surface area contributed by atoms with Crippen LogP contribution in [0, 0.1) is 6.92 Å². The van der Waals surface area contributed by atoms with Crippen molar-refractivity contribution >= 4 is 62.2 Å². The van der Waals surface area contributed by atoms with Gasteiger partial charge >= 0.3 is 5.97 Å². The number of thiazole rings is 1. The SMILES string of the molecule is CCCn1c2ccccc2c2nnc(SC(CC)C(=O)Nc3nc(C)c(C(=O)OCC)s3)nc21. The van der Waals surface area contributed by atoms with Crippen LogP contribution in [0.3, 0.4) is 0 Å². The van der Waals surface area contributed by atoms with E-state index in [0.29, 0.717) is 27.3 Å². The number of carbonyl (C=O) groups is 2. The molecule has 0 aliphatic carbocycles. The van der Waals surface area contributed by atoms with Gasteiger partial charge in [-0.2, -0.15) is 0 Å². The number of carbonyl (C=O) groups excluding carboxylic acids is 2. The number of fused-ring (bicyclic) bond motifs is 3. The van der Waals surface area contributed by atoms with Gasteiger partial charge in [-0.25, -0.2) is 14.8 Å². The fourth-order valence-corrected chi connectivity index (χ4v) is 5.34. The summed E-state index contributed by atoms with van der Waals surface area (Å²) < 4.78 is 7.20. The molecule has 1 unspecified atom stereocenters. The Kier molecular flexibility index (Phi) is 7.42. The molecule has 3 aromatic heterocycles. The molecular weight excluding hydrogens is 472 g/mol. The van der Waals surface area contributed by atoms with E-state index in [9.17, 15) is 9.59 Å². The zero-order chi connectivity index (χ0) is 24.2. The van der Waals surface area contributed by atoms with E-state index in [0.717, 1.165) is 46.4 Å². The van der Waals surface area contributed by atoms with Crippen LogP contribution in [0.5, 0.6) is 0 Å². The number of thioether (sulfide) groups is 1. The first kappa shape index (κ1) is 24.1. The molecule has 9 nitrogen and oxygen atoms in total. The summed E-state index contributed by atoms with van der Waals surface area (Å²) in [5, 5.41) is 12.9. The predicted molar refractivity (Wildman–Crippen MR) is 134 cm³/mol. The number of aryl methyl sites for hydroxylation is 2. The van der Waals surface area contributed by atoms with Crippen molar-refractivity contribution in [3.8, 4) is 0 Å². The summed E-state index contributed by atoms with van der Waals surface area (Å²) in [4.78, 5) is 34.5. The number of hydrogen-bond donors (Lipinski definition) is 1. The van der Waals surface area contributed by atoms with Gasteiger partial charge in [0.2, 0.25) is 11.1 Å². The molecule has 0 bridgehead atoms. The third kappa shape index (κ3) is 4.76. The summed E-state index contributed by atoms with van der Waals surface area (Å²) in [7, 11) is 0. The maximum absolute atomic E-state index is 13.0. The van der Waals surface area contributed by atoms with E-state index < -0.39 is 11.2 Å². The second-order valence-corrected chi connectivity index (χ2v) is 9.76. The van der Waals surface area contributed by atoms with Crippen molar-refractivity contribution < 1.29 is 14.3 Å². The Labute approximate surface area is 205 Å². The summed E-state index contributed by atoms with van der Waals surface area (Å²) in [5.41, 5.74) is 3.13. The quantitative estimate of drug-likeness (QED) is 0.258. The highest BCUT2D eigenvalue weighted by molar-refractivity contribution is 8.00. The van der Waals surface area contributed by atoms with Crippen molar-refractivity contribution in [3.05, 3.63) is 34.8 Å². The van der Waals surface area contributed by atoms with Gasteiger partial charge in [0.05, 0.1) is 23.1 Å². The summed E-state index contributed by atoms with van der Waals surface area (Å²) in [6.07, 6.45) is 1.52. The minimum Gasteiger partial charge on any atom is -0.462 e. The Hall–Kier alpha value is -3.05. The van der Waals surface area contributed by atoms with Gasteiger partial charge in [0.1, 0.15) is 10.4 Å². The monoisotopic (exact) mass is 498 g/mol. The van der Waals surface area contributed by atoms with E-state index in [4.69, 9.17) is 9.72 Å². The largest absolute Gasteiger partial charge is 0.462 e. The molecule has 0 aliphatic rings. The molecule has 1 aromatic carbocycles. The molecule has 0 aliphatic heterocycles. The topological polar surface area (TPSA) is 112 Å². The molecule has 178 valence electrons. The molecule has 0 radical (unpaired) electrons. The Morgan fingerprint density at radius 3 is 2.71 bits per heavy atom. The molecule has 1 amide bonds. The van der Waals surface area contributed by atoms with Crippen molar-refractivity contribution in [1.82, 2.24) is 24.7 Å². The van der Waals surface area contributed by atoms with Gasteiger partial charge < -0.3 is 14.6 Å². The number of rotatable bonds is 9. The predicted octanol–water partition coefficient (Wildman–Crippen LogP) is 4.84. The molecule has 1 N–H and O–H groups in total. The highest BCUT2D eigenvalue weighted by Crippen LogP contribution is 2.30. The number of amides is 1. The fourth-order valence-electron chi connectivity index (χ4n) is 3.66. The molecule has 0 spiro atoms. The number of ether oxygens (including phenoxy) is 1. The number of nitrogens with zero attached hydrogens (tertiary/aromatic N) is 5. The van der Waals surface area contributed by atoms with E-state index in [1.54, 1.807) is 13.8 Å². The Balaban J connectivity index is 1.56. The Morgan fingerprint density at radius 1 is 1.18 bits per heavy atom. The molecule has 34 heavy (non-hydrogen) atoms. The van der Waals surface area contributed by atoms with E-state index >= 15 is 0 Å². The van der Waals surface area contributed by atoms with Crippen LogP contribution in [0.1, 0.15) is 49.0 Å². The van der Waals surface area contributed by atoms with Crippen molar-refractivity contribution in [1.29, 1.82) is 0 Å². The lowest BCUT2D eigenvalue weighted by atomic mass is 10.2. The van der Waals surface area contributed by atoms with Crippen LogP contribution in [0.25, 0.3) is 22.1 Å². The zero-order valence-corrected chi connectivity index (χ0v) is 21.1. The van der Waals surface area contributed by atoms with Crippen LogP contribution in [-0.2, 0) is 16.1 Å². The van der Waals surface area contributed by atoms with Gasteiger partial charge in [-0.3, -0.25) is 4.79 Å². The number of nitrogens with one attached hydrogen (secondary N) is 1. The third-order valence-corrected chi connectivity index (χ3v) is 7.47. The number of anilines is 1. The van der Waals surface area contributed by atoms with Crippen LogP contribution < -0.4 is 5.32 Å². The molecule has 0 saturated carbocycles. The van der Waals surface area contributed by atoms with Gasteiger partial charge in [-0.05, 0) is 32.8 Å². The number of hydrogen-bond acceptors (Lipinski definition) is 9. The third-order valence-electron chi connectivity index (χ3n) is 5.20. The van der Waals surface area contributed by atoms with Crippen molar-refractivity contribution in [2.45, 2.75) is 57.5 Å². The standard InChI is InChI=1S/C23H26N6O3S2/c1-5-12-29-15-11-9-8-10-14(15)17-19(29)25-23(28-27-17)33-16(6-2)20(30)26-22-24-13(4)18(34-22)21(31)32-7-3/h8-11,16H,5-7,12H2,1-4H3,(H,24,26,30). The lowest BCUT2D eigenvalue weighted by Crippen LogP contribution is -2.24. The second kappa shape index (κ2) is 10.5. The first-order valence-corrected chi connectivity index (χ1v) is 12.9. The summed E-state index contributed by atoms with van der Waals surface area (Å²) in [6.45, 7) is 8.60. The summed E-state index contributed by atoms with van der Waals surface area (Å²) >= 11 is 2.38. The summed E-state index contributed by atoms with van der Waals surface area (Å²) in [5.74, 6) is -0.663. The van der Waals surface area contributed by atoms with Crippen LogP contribution in [0.2, 0.25) is 0 Å². The minimum atomic E-state index is -0.446. The molecule has 0 fully saturated rings. The Bertz CT molecular complexity index is 1350. The normalized spacial score (nSPS) is 12.2. The molecule has 1 atom stereocenters. The molecule has 0 saturated heterocycles. The van der Waals surface area contributed by atoms with E-state index in [2.05, 4.69) is 38.1 Å². The van der Waals surface area contributed by atoms with Gasteiger partial charge in [-0.1, -0.05) is 55.1 Å². The van der Waals surface area contributed by atoms with Crippen LogP contribution >= 0.6 is 23.1 Å². The molecule has 11 heteroatoms. The Morgan fingerprint density at radius 2 is 1.97 bits per heavy atom. The van der Waals surface area contributed by atoms with Crippen LogP contribution in [0.15, 0.2) is 29.4 Å². The smallest absolute Gasteiger partial charge is 0.350 e. The maximum atomic E-state index is 13.0. The van der Waals surface area contributed by atoms with Gasteiger partial charge in [0, 0.05) is 11.9 Å². The van der Waals surface area contributed by atoms with Crippen LogP contribution in [0.4, 0.5) is 5.13 Å². The fraction of sp³-hybridized carbons (Fsp3) is 0.391.